The number of unbranched alkanes of at least 4 members (excludes halogenated alkanes) is 1. The third kappa shape index (κ3) is 5.36. The van der Waals surface area contributed by atoms with Crippen molar-refractivity contribution in [2.24, 2.45) is 10.8 Å². The lowest BCUT2D eigenvalue weighted by molar-refractivity contribution is -0.116. The molecule has 2 aliphatic heterocycles. The third-order valence-corrected chi connectivity index (χ3v) is 7.72. The summed E-state index contributed by atoms with van der Waals surface area (Å²) in [4.78, 5) is 27.8. The first-order valence-corrected chi connectivity index (χ1v) is 14.3. The van der Waals surface area contributed by atoms with Crippen molar-refractivity contribution in [3.05, 3.63) is 82.8 Å². The van der Waals surface area contributed by atoms with Gasteiger partial charge >= 0.3 is 0 Å². The van der Waals surface area contributed by atoms with Crippen molar-refractivity contribution in [2.45, 2.75) is 58.4 Å². The Kier molecular flexibility index (Phi) is 7.35. The standard InChI is InChI=1S/C31H36N8O/c1-2-3-7-28(40)35-24-14-22(17-33-19-24)20-8-9-21-18-34-38-29(25(21)15-20)31-36-26-16-23(32)10-11-27(30(26)37-31)39-12-5-4-6-13-39/h8-11,14-15,17,19,34H,2-7,12-13,16,18,32H2,1H3,(H,35,40)(H,36,37). The van der Waals surface area contributed by atoms with Gasteiger partial charge in [0, 0.05) is 49.0 Å². The summed E-state index contributed by atoms with van der Waals surface area (Å²) < 4.78 is 0. The highest BCUT2D eigenvalue weighted by molar-refractivity contribution is 6.12. The van der Waals surface area contributed by atoms with Crippen LogP contribution in [0.5, 0.6) is 0 Å². The van der Waals surface area contributed by atoms with Crippen LogP contribution in [0, 0.1) is 0 Å². The Balaban J connectivity index is 1.32. The molecule has 40 heavy (non-hydrogen) atoms. The average Bonchev–Trinajstić information content (AvgIpc) is 3.32. The van der Waals surface area contributed by atoms with E-state index in [2.05, 4.69) is 56.8 Å². The number of rotatable bonds is 7. The largest absolute Gasteiger partial charge is 0.402 e. The molecule has 1 amide bonds. The van der Waals surface area contributed by atoms with Gasteiger partial charge in [-0.25, -0.2) is 4.98 Å². The van der Waals surface area contributed by atoms with E-state index in [0.717, 1.165) is 82.5 Å². The van der Waals surface area contributed by atoms with Gasteiger partial charge in [0.1, 0.15) is 11.4 Å². The SMILES string of the molecule is CCCCC(=O)Nc1cncc(-c2ccc3c(c2)C(c2nc4c([nH]2)CC(N)=CC=C4N2CCCCC2)=NNC3)c1. The maximum atomic E-state index is 12.3. The fourth-order valence-corrected chi connectivity index (χ4v) is 5.58. The highest BCUT2D eigenvalue weighted by atomic mass is 16.1. The fraction of sp³-hybridized carbons (Fsp3) is 0.355. The van der Waals surface area contributed by atoms with Crippen molar-refractivity contribution in [3.8, 4) is 11.1 Å². The van der Waals surface area contributed by atoms with E-state index >= 15 is 0 Å². The molecule has 3 aromatic rings. The maximum Gasteiger partial charge on any atom is 0.224 e. The van der Waals surface area contributed by atoms with Gasteiger partial charge in [0.05, 0.1) is 29.8 Å². The number of nitrogens with one attached hydrogen (secondary N) is 3. The molecule has 5 N–H and O–H groups in total. The molecule has 0 spiro atoms. The topological polar surface area (TPSA) is 124 Å². The summed E-state index contributed by atoms with van der Waals surface area (Å²) >= 11 is 0. The zero-order valence-electron chi connectivity index (χ0n) is 23.0. The number of nitrogens with zero attached hydrogens (tertiary/aromatic N) is 4. The van der Waals surface area contributed by atoms with Gasteiger partial charge in [0.2, 0.25) is 5.91 Å². The average molecular weight is 537 g/mol. The highest BCUT2D eigenvalue weighted by Crippen LogP contribution is 2.31. The van der Waals surface area contributed by atoms with Crippen molar-refractivity contribution < 1.29 is 4.79 Å². The zero-order valence-corrected chi connectivity index (χ0v) is 23.0. The Bertz CT molecular complexity index is 1510. The number of amides is 1. The molecule has 0 radical (unpaired) electrons. The Labute approximate surface area is 234 Å². The normalized spacial score (nSPS) is 16.5. The molecule has 9 nitrogen and oxygen atoms in total. The highest BCUT2D eigenvalue weighted by Gasteiger charge is 2.26. The van der Waals surface area contributed by atoms with E-state index in [1.807, 2.05) is 18.3 Å². The van der Waals surface area contributed by atoms with Crippen LogP contribution in [0.2, 0.25) is 0 Å². The minimum Gasteiger partial charge on any atom is -0.402 e. The summed E-state index contributed by atoms with van der Waals surface area (Å²) in [6, 6.07) is 8.31. The lowest BCUT2D eigenvalue weighted by atomic mass is 9.95. The second kappa shape index (κ2) is 11.4. The summed E-state index contributed by atoms with van der Waals surface area (Å²) in [6.45, 7) is 4.78. The zero-order chi connectivity index (χ0) is 27.5. The number of carbonyl (C=O) groups is 1. The van der Waals surface area contributed by atoms with E-state index < -0.39 is 0 Å². The molecule has 1 aliphatic carbocycles. The number of aromatic amines is 1. The molecule has 0 unspecified atom stereocenters. The number of allylic oxidation sites excluding steroid dienone is 3. The fourth-order valence-electron chi connectivity index (χ4n) is 5.58. The van der Waals surface area contributed by atoms with Gasteiger partial charge in [0.25, 0.3) is 0 Å². The third-order valence-electron chi connectivity index (χ3n) is 7.72. The van der Waals surface area contributed by atoms with Crippen LogP contribution in [-0.4, -0.2) is 44.6 Å². The van der Waals surface area contributed by atoms with Gasteiger partial charge < -0.3 is 26.4 Å². The van der Waals surface area contributed by atoms with E-state index in [0.29, 0.717) is 25.1 Å². The number of hydrazone groups is 1. The van der Waals surface area contributed by atoms with Crippen molar-refractivity contribution in [1.29, 1.82) is 0 Å². The van der Waals surface area contributed by atoms with Gasteiger partial charge in [-0.3, -0.25) is 9.78 Å². The maximum absolute atomic E-state index is 12.3. The van der Waals surface area contributed by atoms with E-state index in [1.54, 1.807) is 6.20 Å². The predicted molar refractivity (Wildman–Crippen MR) is 158 cm³/mol. The molecule has 1 aromatic carbocycles. The van der Waals surface area contributed by atoms with Crippen LogP contribution >= 0.6 is 0 Å². The van der Waals surface area contributed by atoms with Crippen molar-refractivity contribution in [2.75, 3.05) is 18.4 Å². The minimum atomic E-state index is 0.0118. The van der Waals surface area contributed by atoms with Gasteiger partial charge in [-0.05, 0) is 61.1 Å². The number of H-pyrrole nitrogens is 1. The number of pyridine rings is 1. The Morgan fingerprint density at radius 1 is 1.10 bits per heavy atom. The van der Waals surface area contributed by atoms with Crippen molar-refractivity contribution >= 4 is 23.0 Å². The van der Waals surface area contributed by atoms with Crippen LogP contribution in [0.25, 0.3) is 16.8 Å². The number of likely N-dealkylation sites (tertiary alicyclic amines) is 1. The second-order valence-electron chi connectivity index (χ2n) is 10.7. The summed E-state index contributed by atoms with van der Waals surface area (Å²) in [5.74, 6) is 0.737. The first kappa shape index (κ1) is 25.9. The number of piperidine rings is 1. The van der Waals surface area contributed by atoms with Crippen LogP contribution in [0.4, 0.5) is 5.69 Å². The monoisotopic (exact) mass is 536 g/mol. The lowest BCUT2D eigenvalue weighted by Crippen LogP contribution is -2.28. The summed E-state index contributed by atoms with van der Waals surface area (Å²) in [5.41, 5.74) is 19.0. The number of fused-ring (bicyclic) bond motifs is 2. The minimum absolute atomic E-state index is 0.0118. The van der Waals surface area contributed by atoms with Crippen LogP contribution in [0.1, 0.15) is 73.8 Å². The Morgan fingerprint density at radius 3 is 2.83 bits per heavy atom. The van der Waals surface area contributed by atoms with E-state index in [1.165, 1.54) is 19.3 Å². The molecule has 6 rings (SSSR count). The summed E-state index contributed by atoms with van der Waals surface area (Å²) in [7, 11) is 0. The van der Waals surface area contributed by atoms with E-state index in [4.69, 9.17) is 15.8 Å². The summed E-state index contributed by atoms with van der Waals surface area (Å²) in [5, 5.41) is 7.68. The van der Waals surface area contributed by atoms with Gasteiger partial charge in [0.15, 0.2) is 5.82 Å². The molecule has 0 atom stereocenters. The smallest absolute Gasteiger partial charge is 0.224 e. The molecule has 9 heteroatoms. The van der Waals surface area contributed by atoms with Crippen LogP contribution in [-0.2, 0) is 17.8 Å². The molecule has 206 valence electrons. The molecule has 1 saturated heterocycles. The van der Waals surface area contributed by atoms with Crippen molar-refractivity contribution in [3.63, 3.8) is 0 Å². The molecule has 4 heterocycles. The number of aromatic nitrogens is 3. The number of imidazole rings is 1. The number of nitrogens with two attached hydrogens (primary N) is 1. The Hall–Kier alpha value is -4.40. The second-order valence-corrected chi connectivity index (χ2v) is 10.7. The lowest BCUT2D eigenvalue weighted by Gasteiger charge is -2.30. The molecular weight excluding hydrogens is 500 g/mol. The molecule has 3 aliphatic rings. The summed E-state index contributed by atoms with van der Waals surface area (Å²) in [6.07, 6.45) is 14.3. The predicted octanol–water partition coefficient (Wildman–Crippen LogP) is 4.68. The number of anilines is 1. The first-order valence-electron chi connectivity index (χ1n) is 14.3. The number of carbonyl (C=O) groups excluding carboxylic acids is 1. The molecule has 1 fully saturated rings. The van der Waals surface area contributed by atoms with Gasteiger partial charge in [-0.1, -0.05) is 25.5 Å². The van der Waals surface area contributed by atoms with E-state index in [-0.39, 0.29) is 5.91 Å². The quantitative estimate of drug-likeness (QED) is 0.348. The van der Waals surface area contributed by atoms with Crippen molar-refractivity contribution in [1.82, 2.24) is 25.3 Å². The number of hydrogen-bond acceptors (Lipinski definition) is 7. The van der Waals surface area contributed by atoms with E-state index in [9.17, 15) is 4.79 Å². The molecule has 2 aromatic heterocycles. The molecule has 0 saturated carbocycles. The first-order chi connectivity index (χ1) is 19.6. The van der Waals surface area contributed by atoms with Crippen LogP contribution < -0.4 is 16.5 Å². The van der Waals surface area contributed by atoms with Gasteiger partial charge in [-0.15, -0.1) is 0 Å². The molecule has 0 bridgehead atoms. The van der Waals surface area contributed by atoms with Gasteiger partial charge in [-0.2, -0.15) is 5.10 Å². The van der Waals surface area contributed by atoms with Crippen LogP contribution in [0.15, 0.2) is 59.6 Å². The molecular formula is C31H36N8O. The number of benzene rings is 1. The van der Waals surface area contributed by atoms with Crippen LogP contribution in [0.3, 0.4) is 0 Å². The number of hydrogen-bond donors (Lipinski definition) is 4. The Morgan fingerprint density at radius 2 is 1.98 bits per heavy atom.